The zero-order valence-electron chi connectivity index (χ0n) is 10.9. The van der Waals surface area contributed by atoms with E-state index in [0.29, 0.717) is 20.7 Å². The fourth-order valence-electron chi connectivity index (χ4n) is 1.67. The lowest BCUT2D eigenvalue weighted by Gasteiger charge is -2.07. The van der Waals surface area contributed by atoms with E-state index < -0.39 is 0 Å². The highest BCUT2D eigenvalue weighted by atomic mass is 79.9. The molecule has 2 aromatic rings. The molecule has 4 nitrogen and oxygen atoms in total. The van der Waals surface area contributed by atoms with Gasteiger partial charge < -0.3 is 10.6 Å². The Morgan fingerprint density at radius 1 is 1.10 bits per heavy atom. The Morgan fingerprint density at radius 3 is 2.48 bits per heavy atom. The van der Waals surface area contributed by atoms with Crippen LogP contribution in [0.25, 0.3) is 0 Å². The van der Waals surface area contributed by atoms with Crippen LogP contribution in [-0.2, 0) is 4.79 Å². The highest BCUT2D eigenvalue weighted by Crippen LogP contribution is 2.19. The van der Waals surface area contributed by atoms with Gasteiger partial charge in [0.25, 0.3) is 5.91 Å². The van der Waals surface area contributed by atoms with Gasteiger partial charge in [-0.15, -0.1) is 0 Å². The van der Waals surface area contributed by atoms with Gasteiger partial charge >= 0.3 is 0 Å². The van der Waals surface area contributed by atoms with Crippen molar-refractivity contribution in [1.29, 1.82) is 0 Å². The maximum absolute atomic E-state index is 11.9. The zero-order valence-corrected chi connectivity index (χ0v) is 13.2. The Bertz CT molecular complexity index is 642. The predicted molar refractivity (Wildman–Crippen MR) is 86.6 cm³/mol. The summed E-state index contributed by atoms with van der Waals surface area (Å²) in [5.74, 6) is -0.656. The molecular formula is C15H12BrClN2O2. The number of hydrogen-bond donors (Lipinski definition) is 2. The number of anilines is 1. The quantitative estimate of drug-likeness (QED) is 0.869. The summed E-state index contributed by atoms with van der Waals surface area (Å²) in [7, 11) is 0. The second-order valence-electron chi connectivity index (χ2n) is 4.26. The smallest absolute Gasteiger partial charge is 0.251 e. The molecule has 2 N–H and O–H groups in total. The fourth-order valence-corrected chi connectivity index (χ4v) is 2.53. The van der Waals surface area contributed by atoms with Crippen LogP contribution in [0, 0.1) is 0 Å². The number of carbonyl (C=O) groups excluding carboxylic acids is 2. The maximum atomic E-state index is 11.9. The van der Waals surface area contributed by atoms with E-state index in [0.717, 1.165) is 0 Å². The van der Waals surface area contributed by atoms with Gasteiger partial charge in [0.1, 0.15) is 0 Å². The summed E-state index contributed by atoms with van der Waals surface area (Å²) in [6, 6.07) is 13.9. The maximum Gasteiger partial charge on any atom is 0.251 e. The molecule has 108 valence electrons. The first kappa shape index (κ1) is 15.5. The van der Waals surface area contributed by atoms with E-state index >= 15 is 0 Å². The van der Waals surface area contributed by atoms with E-state index in [1.165, 1.54) is 6.07 Å². The van der Waals surface area contributed by atoms with Gasteiger partial charge in [0.15, 0.2) is 0 Å². The van der Waals surface area contributed by atoms with Crippen molar-refractivity contribution in [2.45, 2.75) is 0 Å². The Kier molecular flexibility index (Phi) is 5.36. The van der Waals surface area contributed by atoms with Crippen LogP contribution >= 0.6 is 27.5 Å². The second kappa shape index (κ2) is 7.24. The molecule has 0 aliphatic heterocycles. The van der Waals surface area contributed by atoms with Crippen LogP contribution in [0.1, 0.15) is 10.4 Å². The molecule has 0 heterocycles. The lowest BCUT2D eigenvalue weighted by atomic mass is 10.2. The summed E-state index contributed by atoms with van der Waals surface area (Å²) in [4.78, 5) is 23.7. The molecule has 6 heteroatoms. The molecule has 0 saturated heterocycles. The van der Waals surface area contributed by atoms with Gasteiger partial charge in [-0.25, -0.2) is 0 Å². The minimum atomic E-state index is -0.360. The number of rotatable bonds is 4. The molecular weight excluding hydrogens is 356 g/mol. The summed E-state index contributed by atoms with van der Waals surface area (Å²) < 4.78 is 0.703. The summed E-state index contributed by atoms with van der Waals surface area (Å²) in [5, 5.41) is 5.67. The van der Waals surface area contributed by atoms with Crippen molar-refractivity contribution < 1.29 is 9.59 Å². The van der Waals surface area contributed by atoms with Crippen molar-refractivity contribution in [3.05, 3.63) is 63.6 Å². The molecule has 2 rings (SSSR count). The van der Waals surface area contributed by atoms with Crippen molar-refractivity contribution in [2.24, 2.45) is 0 Å². The molecule has 0 aromatic heterocycles. The van der Waals surface area contributed by atoms with Crippen molar-refractivity contribution >= 4 is 45.0 Å². The summed E-state index contributed by atoms with van der Waals surface area (Å²) in [5.41, 5.74) is 1.07. The first-order valence-electron chi connectivity index (χ1n) is 6.14. The fraction of sp³-hybridized carbons (Fsp3) is 0.0667. The van der Waals surface area contributed by atoms with Gasteiger partial charge in [0, 0.05) is 20.7 Å². The normalized spacial score (nSPS) is 10.0. The van der Waals surface area contributed by atoms with Crippen LogP contribution in [0.15, 0.2) is 53.0 Å². The number of carbonyl (C=O) groups is 2. The number of halogens is 2. The Balaban J connectivity index is 1.90. The third-order valence-corrected chi connectivity index (χ3v) is 3.27. The molecule has 0 spiro atoms. The van der Waals surface area contributed by atoms with E-state index in [1.54, 1.807) is 24.3 Å². The molecule has 0 radical (unpaired) electrons. The van der Waals surface area contributed by atoms with Crippen LogP contribution in [0.5, 0.6) is 0 Å². The summed E-state index contributed by atoms with van der Waals surface area (Å²) >= 11 is 9.14. The van der Waals surface area contributed by atoms with Crippen molar-refractivity contribution in [1.82, 2.24) is 5.32 Å². The van der Waals surface area contributed by atoms with Gasteiger partial charge in [-0.05, 0) is 30.3 Å². The molecule has 0 fully saturated rings. The molecule has 2 amide bonds. The van der Waals surface area contributed by atoms with Crippen LogP contribution < -0.4 is 10.6 Å². The SMILES string of the molecule is O=C(CNC(=O)c1cc(Cl)cc(Br)c1)Nc1ccccc1. The van der Waals surface area contributed by atoms with Crippen LogP contribution in [0.4, 0.5) is 5.69 Å². The van der Waals surface area contributed by atoms with Gasteiger partial charge in [-0.2, -0.15) is 0 Å². The second-order valence-corrected chi connectivity index (χ2v) is 5.61. The van der Waals surface area contributed by atoms with Crippen molar-refractivity contribution in [3.8, 4) is 0 Å². The average molecular weight is 368 g/mol. The molecule has 21 heavy (non-hydrogen) atoms. The minimum absolute atomic E-state index is 0.113. The summed E-state index contributed by atoms with van der Waals surface area (Å²) in [6.07, 6.45) is 0. The van der Waals surface area contributed by atoms with Gasteiger partial charge in [0.05, 0.1) is 6.54 Å². The largest absolute Gasteiger partial charge is 0.343 e. The van der Waals surface area contributed by atoms with Gasteiger partial charge in [-0.1, -0.05) is 45.7 Å². The first-order valence-corrected chi connectivity index (χ1v) is 7.31. The van der Waals surface area contributed by atoms with Crippen LogP contribution in [0.3, 0.4) is 0 Å². The van der Waals surface area contributed by atoms with Crippen molar-refractivity contribution in [3.63, 3.8) is 0 Å². The first-order chi connectivity index (χ1) is 10.0. The van der Waals surface area contributed by atoms with E-state index in [9.17, 15) is 9.59 Å². The number of amides is 2. The topological polar surface area (TPSA) is 58.2 Å². The third-order valence-electron chi connectivity index (χ3n) is 2.59. The van der Waals surface area contributed by atoms with Crippen molar-refractivity contribution in [2.75, 3.05) is 11.9 Å². The molecule has 0 bridgehead atoms. The number of hydrogen-bond acceptors (Lipinski definition) is 2. The number of nitrogens with one attached hydrogen (secondary N) is 2. The van der Waals surface area contributed by atoms with E-state index in [-0.39, 0.29) is 18.4 Å². The third kappa shape index (κ3) is 4.88. The average Bonchev–Trinajstić information content (AvgIpc) is 2.45. The lowest BCUT2D eigenvalue weighted by molar-refractivity contribution is -0.115. The van der Waals surface area contributed by atoms with Gasteiger partial charge in [0.2, 0.25) is 5.91 Å². The summed E-state index contributed by atoms with van der Waals surface area (Å²) in [6.45, 7) is -0.113. The van der Waals surface area contributed by atoms with Crippen LogP contribution in [0.2, 0.25) is 5.02 Å². The Labute approximate surface area is 135 Å². The van der Waals surface area contributed by atoms with E-state index in [2.05, 4.69) is 26.6 Å². The highest BCUT2D eigenvalue weighted by Gasteiger charge is 2.09. The molecule has 0 atom stereocenters. The van der Waals surface area contributed by atoms with Crippen LogP contribution in [-0.4, -0.2) is 18.4 Å². The predicted octanol–water partition coefficient (Wildman–Crippen LogP) is 3.47. The Morgan fingerprint density at radius 2 is 1.81 bits per heavy atom. The molecule has 0 saturated carbocycles. The standard InChI is InChI=1S/C15H12BrClN2O2/c16-11-6-10(7-12(17)8-11)15(21)18-9-14(20)19-13-4-2-1-3-5-13/h1-8H,9H2,(H,18,21)(H,19,20). The zero-order chi connectivity index (χ0) is 15.2. The highest BCUT2D eigenvalue weighted by molar-refractivity contribution is 9.10. The number of benzene rings is 2. The van der Waals surface area contributed by atoms with E-state index in [1.807, 2.05) is 18.2 Å². The van der Waals surface area contributed by atoms with E-state index in [4.69, 9.17) is 11.6 Å². The molecule has 0 aliphatic carbocycles. The molecule has 2 aromatic carbocycles. The minimum Gasteiger partial charge on any atom is -0.343 e. The monoisotopic (exact) mass is 366 g/mol. The van der Waals surface area contributed by atoms with Gasteiger partial charge in [-0.3, -0.25) is 9.59 Å². The lowest BCUT2D eigenvalue weighted by Crippen LogP contribution is -2.32. The molecule has 0 unspecified atom stereocenters. The number of para-hydroxylation sites is 1. The molecule has 0 aliphatic rings. The Hall–Kier alpha value is -1.85.